The Kier molecular flexibility index (Phi) is 7.32. The molecule has 0 bridgehead atoms. The summed E-state index contributed by atoms with van der Waals surface area (Å²) in [6.45, 7) is 0. The molecule has 16 heteroatoms. The van der Waals surface area contributed by atoms with Gasteiger partial charge in [-0.25, -0.2) is 4.79 Å². The largest absolute Gasteiger partial charge is 0.497 e. The minimum absolute atomic E-state index is 0.327. The maximum atomic E-state index is 14.1. The van der Waals surface area contributed by atoms with Gasteiger partial charge in [0.25, 0.3) is 0 Å². The lowest BCUT2D eigenvalue weighted by atomic mass is 10.1. The third kappa shape index (κ3) is 5.41. The lowest BCUT2D eigenvalue weighted by Crippen LogP contribution is -2.71. The van der Waals surface area contributed by atoms with Gasteiger partial charge in [-0.1, -0.05) is 29.2 Å². The first-order chi connectivity index (χ1) is 15.8. The number of rotatable bonds is 7. The molecule has 35 heavy (non-hydrogen) atoms. The molecule has 0 N–H and O–H groups in total. The molecule has 0 amide bonds. The fraction of sp³-hybridized carbons (Fsp3) is 0.316. The minimum atomic E-state index is -7.52. The van der Waals surface area contributed by atoms with Gasteiger partial charge in [0, 0.05) is 0 Å². The average molecular weight is 529 g/mol. The minimum Gasteiger partial charge on any atom is -0.497 e. The van der Waals surface area contributed by atoms with E-state index >= 15 is 0 Å². The maximum Gasteiger partial charge on any atom is 0.469 e. The Morgan fingerprint density at radius 3 is 1.29 bits per heavy atom. The van der Waals surface area contributed by atoms with Crippen molar-refractivity contribution in [3.63, 3.8) is 0 Å². The Bertz CT molecular complexity index is 1010. The van der Waals surface area contributed by atoms with E-state index in [0.29, 0.717) is 29.0 Å². The number of alkyl halides is 12. The molecule has 0 radical (unpaired) electrons. The Hall–Kier alpha value is -3.17. The standard InChI is InChI=1S/C19H11F12NO3/c1-34-12-6-2-10(3-7-12)11-4-8-13(9-5-11)35-14(33)15(20,21)32(18(28,29)16(22,23)24)19(30,31)17(25,26)27/h2-9H,1H3. The molecular formula is C19H11F12NO3. The fourth-order valence-corrected chi connectivity index (χ4v) is 2.54. The van der Waals surface area contributed by atoms with Gasteiger partial charge in [0.05, 0.1) is 7.11 Å². The van der Waals surface area contributed by atoms with Crippen molar-refractivity contribution < 1.29 is 67.0 Å². The van der Waals surface area contributed by atoms with E-state index in [-0.39, 0.29) is 0 Å². The van der Waals surface area contributed by atoms with Crippen molar-refractivity contribution in [2.45, 2.75) is 30.5 Å². The number of halogens is 12. The van der Waals surface area contributed by atoms with Gasteiger partial charge < -0.3 is 9.47 Å². The van der Waals surface area contributed by atoms with Crippen LogP contribution in [-0.4, -0.2) is 48.5 Å². The summed E-state index contributed by atoms with van der Waals surface area (Å²) in [7, 11) is 1.38. The molecule has 0 aliphatic heterocycles. The van der Waals surface area contributed by atoms with Gasteiger partial charge in [0.2, 0.25) is 0 Å². The highest BCUT2D eigenvalue weighted by atomic mass is 19.4. The van der Waals surface area contributed by atoms with Crippen LogP contribution in [0.5, 0.6) is 11.5 Å². The highest BCUT2D eigenvalue weighted by Gasteiger charge is 2.82. The zero-order chi connectivity index (χ0) is 27.0. The molecule has 0 atom stereocenters. The number of hydrogen-bond donors (Lipinski definition) is 0. The molecule has 194 valence electrons. The molecule has 0 heterocycles. The zero-order valence-electron chi connectivity index (χ0n) is 16.8. The van der Waals surface area contributed by atoms with E-state index in [1.54, 1.807) is 0 Å². The lowest BCUT2D eigenvalue weighted by Gasteiger charge is -2.40. The van der Waals surface area contributed by atoms with Crippen molar-refractivity contribution in [2.75, 3.05) is 7.11 Å². The van der Waals surface area contributed by atoms with Gasteiger partial charge in [-0.3, -0.25) is 0 Å². The summed E-state index contributed by atoms with van der Waals surface area (Å²) in [5.41, 5.74) is 0.808. The van der Waals surface area contributed by atoms with E-state index < -0.39 is 47.1 Å². The van der Waals surface area contributed by atoms with Gasteiger partial charge >= 0.3 is 36.5 Å². The van der Waals surface area contributed by atoms with Crippen LogP contribution in [0.25, 0.3) is 11.1 Å². The van der Waals surface area contributed by atoms with Gasteiger partial charge in [-0.05, 0) is 35.4 Å². The number of carbonyl (C=O) groups is 1. The first-order valence-corrected chi connectivity index (χ1v) is 8.81. The number of ether oxygens (including phenoxy) is 2. The molecule has 0 fully saturated rings. The highest BCUT2D eigenvalue weighted by Crippen LogP contribution is 2.52. The molecule has 0 saturated carbocycles. The number of hydrogen-bond acceptors (Lipinski definition) is 4. The molecule has 4 nitrogen and oxygen atoms in total. The summed E-state index contributed by atoms with van der Waals surface area (Å²) in [5, 5.41) is 0. The third-order valence-electron chi connectivity index (χ3n) is 4.26. The van der Waals surface area contributed by atoms with Crippen molar-refractivity contribution in [3.8, 4) is 22.6 Å². The molecule has 0 unspecified atom stereocenters. The summed E-state index contributed by atoms with van der Waals surface area (Å²) < 4.78 is 166. The zero-order valence-corrected chi connectivity index (χ0v) is 16.8. The van der Waals surface area contributed by atoms with Gasteiger partial charge in [0.1, 0.15) is 11.5 Å². The van der Waals surface area contributed by atoms with Gasteiger partial charge in [0.15, 0.2) is 0 Å². The summed E-state index contributed by atoms with van der Waals surface area (Å²) in [4.78, 5) is 7.75. The molecule has 0 spiro atoms. The van der Waals surface area contributed by atoms with Crippen LogP contribution in [0.2, 0.25) is 0 Å². The summed E-state index contributed by atoms with van der Waals surface area (Å²) in [6.07, 6.45) is -14.7. The Balaban J connectivity index is 2.40. The monoisotopic (exact) mass is 529 g/mol. The molecule has 0 aromatic heterocycles. The fourth-order valence-electron chi connectivity index (χ4n) is 2.54. The molecular weight excluding hydrogens is 518 g/mol. The van der Waals surface area contributed by atoms with Crippen molar-refractivity contribution in [2.24, 2.45) is 0 Å². The van der Waals surface area contributed by atoms with Crippen LogP contribution in [0.4, 0.5) is 52.7 Å². The quantitative estimate of drug-likeness (QED) is 0.178. The Labute approximate surface area is 187 Å². The maximum absolute atomic E-state index is 14.1. The molecule has 0 saturated heterocycles. The molecule has 2 rings (SSSR count). The predicted molar refractivity (Wildman–Crippen MR) is 92.9 cm³/mol. The van der Waals surface area contributed by atoms with E-state index in [1.165, 1.54) is 31.4 Å². The first-order valence-electron chi connectivity index (χ1n) is 8.81. The van der Waals surface area contributed by atoms with Gasteiger partial charge in [-0.2, -0.15) is 52.7 Å². The number of esters is 1. The second-order valence-corrected chi connectivity index (χ2v) is 6.60. The molecule has 2 aromatic rings. The highest BCUT2D eigenvalue weighted by molar-refractivity contribution is 5.80. The van der Waals surface area contributed by atoms with E-state index in [4.69, 9.17) is 4.74 Å². The van der Waals surface area contributed by atoms with Crippen molar-refractivity contribution >= 4 is 5.97 Å². The summed E-state index contributed by atoms with van der Waals surface area (Å²) >= 11 is 0. The molecule has 0 aliphatic rings. The first kappa shape index (κ1) is 28.1. The second-order valence-electron chi connectivity index (χ2n) is 6.60. The second kappa shape index (κ2) is 9.13. The SMILES string of the molecule is COc1ccc(-c2ccc(OC(=O)C(F)(F)N(C(F)(F)C(F)(F)F)C(F)(F)C(F)(F)F)cc2)cc1. The van der Waals surface area contributed by atoms with Crippen LogP contribution in [0.15, 0.2) is 48.5 Å². The average Bonchev–Trinajstić information content (AvgIpc) is 2.72. The van der Waals surface area contributed by atoms with Crippen LogP contribution in [-0.2, 0) is 4.79 Å². The van der Waals surface area contributed by atoms with E-state index in [1.807, 2.05) is 0 Å². The Morgan fingerprint density at radius 1 is 0.629 bits per heavy atom. The topological polar surface area (TPSA) is 38.8 Å². The van der Waals surface area contributed by atoms with E-state index in [2.05, 4.69) is 4.74 Å². The third-order valence-corrected chi connectivity index (χ3v) is 4.26. The predicted octanol–water partition coefficient (Wildman–Crippen LogP) is 6.47. The summed E-state index contributed by atoms with van der Waals surface area (Å²) in [6, 6.07) is -12.2. The lowest BCUT2D eigenvalue weighted by molar-refractivity contribution is -0.470. The normalized spacial score (nSPS) is 13.7. The van der Waals surface area contributed by atoms with Crippen LogP contribution >= 0.6 is 0 Å². The van der Waals surface area contributed by atoms with Crippen LogP contribution in [0.3, 0.4) is 0 Å². The van der Waals surface area contributed by atoms with Gasteiger partial charge in [-0.15, -0.1) is 0 Å². The number of nitrogens with zero attached hydrogens (tertiary/aromatic N) is 1. The Morgan fingerprint density at radius 2 is 0.971 bits per heavy atom. The van der Waals surface area contributed by atoms with E-state index in [0.717, 1.165) is 12.1 Å². The van der Waals surface area contributed by atoms with Crippen LogP contribution < -0.4 is 9.47 Å². The summed E-state index contributed by atoms with van der Waals surface area (Å²) in [5.74, 6) is -4.09. The molecule has 2 aromatic carbocycles. The smallest absolute Gasteiger partial charge is 0.469 e. The van der Waals surface area contributed by atoms with Crippen molar-refractivity contribution in [3.05, 3.63) is 48.5 Å². The van der Waals surface area contributed by atoms with Crippen molar-refractivity contribution in [1.29, 1.82) is 0 Å². The number of benzene rings is 2. The van der Waals surface area contributed by atoms with E-state index in [9.17, 15) is 57.5 Å². The number of methoxy groups -OCH3 is 1. The van der Waals surface area contributed by atoms with Crippen molar-refractivity contribution in [1.82, 2.24) is 4.90 Å². The number of carbonyl (C=O) groups excluding carboxylic acids is 1. The van der Waals surface area contributed by atoms with Crippen LogP contribution in [0, 0.1) is 0 Å². The molecule has 0 aliphatic carbocycles. The van der Waals surface area contributed by atoms with Crippen LogP contribution in [0.1, 0.15) is 0 Å².